The minimum absolute atomic E-state index is 0.0573. The molecule has 2 aliphatic heterocycles. The molecule has 0 bridgehead atoms. The Labute approximate surface area is 129 Å². The lowest BCUT2D eigenvalue weighted by atomic mass is 9.87. The summed E-state index contributed by atoms with van der Waals surface area (Å²) in [6.07, 6.45) is 1.86. The second-order valence-corrected chi connectivity index (χ2v) is 8.13. The van der Waals surface area contributed by atoms with Crippen LogP contribution in [0.15, 0.2) is 23.1 Å². The van der Waals surface area contributed by atoms with Crippen LogP contribution in [0, 0.1) is 22.5 Å². The predicted octanol–water partition coefficient (Wildman–Crippen LogP) is 1.28. The topological polar surface area (TPSA) is 92.5 Å². The minimum Gasteiger partial charge on any atom is -0.316 e. The summed E-state index contributed by atoms with van der Waals surface area (Å²) in [5.41, 5.74) is 0.385. The highest BCUT2D eigenvalue weighted by Crippen LogP contribution is 2.39. The molecule has 0 aromatic heterocycles. The van der Waals surface area contributed by atoms with Crippen molar-refractivity contribution in [3.8, 4) is 0 Å². The number of nitrogens with one attached hydrogen (secondary N) is 1. The summed E-state index contributed by atoms with van der Waals surface area (Å²) >= 11 is 0. The first kappa shape index (κ1) is 15.4. The number of hydrogen-bond acceptors (Lipinski definition) is 5. The minimum atomic E-state index is -3.59. The van der Waals surface area contributed by atoms with Gasteiger partial charge in [-0.1, -0.05) is 0 Å². The zero-order valence-corrected chi connectivity index (χ0v) is 13.2. The molecule has 1 aromatic rings. The number of aryl methyl sites for hydroxylation is 1. The van der Waals surface area contributed by atoms with Crippen molar-refractivity contribution in [3.63, 3.8) is 0 Å². The third-order valence-electron chi connectivity index (χ3n) is 4.72. The Morgan fingerprint density at radius 1 is 1.36 bits per heavy atom. The van der Waals surface area contributed by atoms with Gasteiger partial charge in [0.1, 0.15) is 0 Å². The van der Waals surface area contributed by atoms with E-state index in [1.54, 1.807) is 6.92 Å². The number of hydrogen-bond donors (Lipinski definition) is 1. The molecule has 22 heavy (non-hydrogen) atoms. The fraction of sp³-hybridized carbons (Fsp3) is 0.571. The van der Waals surface area contributed by atoms with Gasteiger partial charge in [0.2, 0.25) is 10.0 Å². The fourth-order valence-corrected chi connectivity index (χ4v) is 5.18. The molecule has 0 radical (unpaired) electrons. The Balaban J connectivity index is 1.89. The maximum atomic E-state index is 12.8. The third-order valence-corrected chi connectivity index (χ3v) is 6.73. The van der Waals surface area contributed by atoms with E-state index in [1.807, 2.05) is 0 Å². The van der Waals surface area contributed by atoms with Crippen LogP contribution in [0.4, 0.5) is 5.69 Å². The Morgan fingerprint density at radius 3 is 2.73 bits per heavy atom. The number of rotatable bonds is 3. The normalized spacial score (nSPS) is 25.9. The van der Waals surface area contributed by atoms with E-state index >= 15 is 0 Å². The van der Waals surface area contributed by atoms with Crippen LogP contribution in [0.25, 0.3) is 0 Å². The Kier molecular flexibility index (Phi) is 3.70. The molecule has 8 heteroatoms. The lowest BCUT2D eigenvalue weighted by molar-refractivity contribution is -0.385. The van der Waals surface area contributed by atoms with E-state index in [2.05, 4.69) is 5.32 Å². The van der Waals surface area contributed by atoms with Crippen LogP contribution in [0.5, 0.6) is 0 Å². The van der Waals surface area contributed by atoms with Gasteiger partial charge in [-0.25, -0.2) is 8.42 Å². The molecule has 7 nitrogen and oxygen atoms in total. The molecule has 1 unspecified atom stereocenters. The molecule has 2 heterocycles. The van der Waals surface area contributed by atoms with Crippen molar-refractivity contribution in [1.29, 1.82) is 0 Å². The molecule has 0 amide bonds. The van der Waals surface area contributed by atoms with Gasteiger partial charge in [0.15, 0.2) is 0 Å². The monoisotopic (exact) mass is 325 g/mol. The maximum absolute atomic E-state index is 12.8. The number of nitro benzene ring substituents is 1. The Morgan fingerprint density at radius 2 is 2.14 bits per heavy atom. The maximum Gasteiger partial charge on any atom is 0.269 e. The van der Waals surface area contributed by atoms with Gasteiger partial charge in [0.05, 0.1) is 9.82 Å². The van der Waals surface area contributed by atoms with Crippen LogP contribution in [0.1, 0.15) is 18.4 Å². The smallest absolute Gasteiger partial charge is 0.269 e. The molecule has 1 atom stereocenters. The standard InChI is InChI=1S/C14H19N3O4S/c1-11-8-12(17(18)19)2-3-13(11)22(20,21)16-7-5-14(10-16)4-6-15-9-14/h2-3,8,15H,4-7,9-10H2,1H3. The van der Waals surface area contributed by atoms with Crippen LogP contribution in [0.2, 0.25) is 0 Å². The van der Waals surface area contributed by atoms with Crippen molar-refractivity contribution >= 4 is 15.7 Å². The highest BCUT2D eigenvalue weighted by Gasteiger charge is 2.44. The summed E-state index contributed by atoms with van der Waals surface area (Å²) in [7, 11) is -3.59. The van der Waals surface area contributed by atoms with Crippen molar-refractivity contribution in [2.45, 2.75) is 24.7 Å². The molecule has 1 aromatic carbocycles. The van der Waals surface area contributed by atoms with E-state index in [-0.39, 0.29) is 16.0 Å². The van der Waals surface area contributed by atoms with Gasteiger partial charge in [-0.15, -0.1) is 0 Å². The molecule has 1 spiro atoms. The Bertz CT molecular complexity index is 711. The summed E-state index contributed by atoms with van der Waals surface area (Å²) in [6.45, 7) is 4.44. The number of benzene rings is 1. The first-order valence-electron chi connectivity index (χ1n) is 7.30. The molecule has 2 aliphatic rings. The highest BCUT2D eigenvalue weighted by atomic mass is 32.2. The van der Waals surface area contributed by atoms with E-state index in [0.29, 0.717) is 18.7 Å². The van der Waals surface area contributed by atoms with Gasteiger partial charge in [0.25, 0.3) is 5.69 Å². The molecule has 1 N–H and O–H groups in total. The number of nitrogens with zero attached hydrogens (tertiary/aromatic N) is 2. The molecule has 0 saturated carbocycles. The molecule has 2 saturated heterocycles. The zero-order valence-electron chi connectivity index (χ0n) is 12.4. The summed E-state index contributed by atoms with van der Waals surface area (Å²) in [4.78, 5) is 10.4. The van der Waals surface area contributed by atoms with E-state index < -0.39 is 14.9 Å². The number of nitro groups is 1. The van der Waals surface area contributed by atoms with Gasteiger partial charge >= 0.3 is 0 Å². The van der Waals surface area contributed by atoms with Crippen molar-refractivity contribution in [2.24, 2.45) is 5.41 Å². The van der Waals surface area contributed by atoms with Crippen LogP contribution in [0.3, 0.4) is 0 Å². The van der Waals surface area contributed by atoms with Gasteiger partial charge in [-0.2, -0.15) is 4.31 Å². The first-order valence-corrected chi connectivity index (χ1v) is 8.74. The van der Waals surface area contributed by atoms with Crippen molar-refractivity contribution in [2.75, 3.05) is 26.2 Å². The van der Waals surface area contributed by atoms with Crippen LogP contribution in [-0.4, -0.2) is 43.8 Å². The van der Waals surface area contributed by atoms with Gasteiger partial charge in [-0.05, 0) is 43.4 Å². The average molecular weight is 325 g/mol. The average Bonchev–Trinajstić information content (AvgIpc) is 3.09. The van der Waals surface area contributed by atoms with E-state index in [1.165, 1.54) is 22.5 Å². The number of non-ortho nitro benzene ring substituents is 1. The predicted molar refractivity (Wildman–Crippen MR) is 81.1 cm³/mol. The lowest BCUT2D eigenvalue weighted by Gasteiger charge is -2.23. The van der Waals surface area contributed by atoms with E-state index in [9.17, 15) is 18.5 Å². The lowest BCUT2D eigenvalue weighted by Crippen LogP contribution is -2.33. The van der Waals surface area contributed by atoms with E-state index in [0.717, 1.165) is 25.9 Å². The molecular formula is C14H19N3O4S. The number of sulfonamides is 1. The molecule has 3 rings (SSSR count). The summed E-state index contributed by atoms with van der Waals surface area (Å²) < 4.78 is 27.1. The SMILES string of the molecule is Cc1cc([N+](=O)[O-])ccc1S(=O)(=O)N1CCC2(CCNC2)C1. The molecule has 120 valence electrons. The zero-order chi connectivity index (χ0) is 16.0. The van der Waals surface area contributed by atoms with Crippen molar-refractivity contribution in [1.82, 2.24) is 9.62 Å². The third kappa shape index (κ3) is 2.51. The molecular weight excluding hydrogens is 306 g/mol. The fourth-order valence-electron chi connectivity index (χ4n) is 3.42. The van der Waals surface area contributed by atoms with Gasteiger partial charge in [-0.3, -0.25) is 10.1 Å². The second kappa shape index (κ2) is 5.29. The van der Waals surface area contributed by atoms with Crippen molar-refractivity contribution < 1.29 is 13.3 Å². The van der Waals surface area contributed by atoms with Crippen molar-refractivity contribution in [3.05, 3.63) is 33.9 Å². The molecule has 2 fully saturated rings. The van der Waals surface area contributed by atoms with Crippen LogP contribution < -0.4 is 5.32 Å². The summed E-state index contributed by atoms with van der Waals surface area (Å²) in [6, 6.07) is 3.92. The summed E-state index contributed by atoms with van der Waals surface area (Å²) in [5.74, 6) is 0. The molecule has 0 aliphatic carbocycles. The largest absolute Gasteiger partial charge is 0.316 e. The summed E-state index contributed by atoms with van der Waals surface area (Å²) in [5, 5.41) is 14.1. The highest BCUT2D eigenvalue weighted by molar-refractivity contribution is 7.89. The quantitative estimate of drug-likeness (QED) is 0.667. The first-order chi connectivity index (χ1) is 10.3. The van der Waals surface area contributed by atoms with Crippen LogP contribution >= 0.6 is 0 Å². The van der Waals surface area contributed by atoms with E-state index in [4.69, 9.17) is 0 Å². The van der Waals surface area contributed by atoms with Gasteiger partial charge in [0, 0.05) is 31.8 Å². The Hall–Kier alpha value is -1.51. The second-order valence-electron chi connectivity index (χ2n) is 6.22. The van der Waals surface area contributed by atoms with Crippen LogP contribution in [-0.2, 0) is 10.0 Å². The van der Waals surface area contributed by atoms with Gasteiger partial charge < -0.3 is 5.32 Å².